The minimum absolute atomic E-state index is 0.0270. The van der Waals surface area contributed by atoms with Crippen molar-refractivity contribution in [1.82, 2.24) is 24.6 Å². The van der Waals surface area contributed by atoms with Gasteiger partial charge in [0.25, 0.3) is 5.91 Å². The summed E-state index contributed by atoms with van der Waals surface area (Å²) in [6.45, 7) is 4.28. The quantitative estimate of drug-likeness (QED) is 0.233. The zero-order valence-electron chi connectivity index (χ0n) is 26.7. The van der Waals surface area contributed by atoms with E-state index in [1.165, 1.54) is 23.8 Å². The highest BCUT2D eigenvalue weighted by atomic mass is 19.4. The molecular formula is C35H35F3N8O2. The number of pyridine rings is 1. The van der Waals surface area contributed by atoms with Gasteiger partial charge in [0.1, 0.15) is 18.0 Å². The number of benzene rings is 2. The molecule has 1 saturated heterocycles. The standard InChI is InChI=1S/C35H35F3N8O2/c1-21-17-45(9-10-48-21)18-24-12-28-29(30(13-24)35(36,37)38)19-46(34(28)47)32-15-25(14-31(42-32)40-8-7-22-3-4-22)27-11-23(16-39)5-6-26(27)33-43-41-20-44(33)2/h5-6,11-15,20-22H,3-4,7-10,17-19H2,1-2H3,(H,40,42)/t21-/m0/s1. The third-order valence-electron chi connectivity index (χ3n) is 9.19. The zero-order chi connectivity index (χ0) is 33.6. The van der Waals surface area contributed by atoms with Crippen molar-refractivity contribution in [2.45, 2.75) is 51.6 Å². The van der Waals surface area contributed by atoms with Crippen molar-refractivity contribution in [1.29, 1.82) is 5.26 Å². The first-order chi connectivity index (χ1) is 23.1. The lowest BCUT2D eigenvalue weighted by Crippen LogP contribution is -2.40. The molecule has 7 rings (SSSR count). The van der Waals surface area contributed by atoms with Gasteiger partial charge in [0, 0.05) is 44.4 Å². The number of carbonyl (C=O) groups excluding carboxylic acids is 1. The van der Waals surface area contributed by atoms with Gasteiger partial charge in [-0.15, -0.1) is 10.2 Å². The summed E-state index contributed by atoms with van der Waals surface area (Å²) < 4.78 is 51.0. The predicted octanol–water partition coefficient (Wildman–Crippen LogP) is 6.03. The van der Waals surface area contributed by atoms with E-state index in [1.54, 1.807) is 41.2 Å². The number of fused-ring (bicyclic) bond motifs is 1. The van der Waals surface area contributed by atoms with Crippen LogP contribution in [-0.4, -0.2) is 62.9 Å². The number of halogens is 3. The normalized spacial score (nSPS) is 18.2. The largest absolute Gasteiger partial charge is 0.416 e. The molecule has 1 atom stereocenters. The van der Waals surface area contributed by atoms with Gasteiger partial charge >= 0.3 is 6.18 Å². The van der Waals surface area contributed by atoms with Crippen LogP contribution in [0.2, 0.25) is 0 Å². The lowest BCUT2D eigenvalue weighted by atomic mass is 9.97. The van der Waals surface area contributed by atoms with Crippen molar-refractivity contribution in [2.75, 3.05) is 36.5 Å². The second kappa shape index (κ2) is 12.7. The molecule has 2 aliphatic heterocycles. The third-order valence-corrected chi connectivity index (χ3v) is 9.19. The van der Waals surface area contributed by atoms with Crippen molar-refractivity contribution in [3.63, 3.8) is 0 Å². The highest BCUT2D eigenvalue weighted by Crippen LogP contribution is 2.41. The van der Waals surface area contributed by atoms with E-state index in [0.717, 1.165) is 6.42 Å². The molecule has 0 unspecified atom stereocenters. The van der Waals surface area contributed by atoms with Crippen LogP contribution in [0.25, 0.3) is 22.5 Å². The average Bonchev–Trinajstić information content (AvgIpc) is 3.69. The molecule has 10 nitrogen and oxygen atoms in total. The lowest BCUT2D eigenvalue weighted by molar-refractivity contribution is -0.138. The SMILES string of the molecule is C[C@H]1CN(Cc2cc3c(c(C(F)(F)F)c2)CN(c2cc(-c4cc(C#N)ccc4-c4nncn4C)cc(NCCC4CC4)n2)C3=O)CCO1. The number of aryl methyl sites for hydroxylation is 1. The summed E-state index contributed by atoms with van der Waals surface area (Å²) in [5.41, 5.74) is 1.99. The maximum atomic E-state index is 14.5. The van der Waals surface area contributed by atoms with Crippen molar-refractivity contribution in [3.8, 4) is 28.6 Å². The number of rotatable bonds is 9. The summed E-state index contributed by atoms with van der Waals surface area (Å²) in [6.07, 6.45) is 0.243. The summed E-state index contributed by atoms with van der Waals surface area (Å²) in [4.78, 5) is 22.2. The van der Waals surface area contributed by atoms with Crippen LogP contribution in [0, 0.1) is 17.2 Å². The highest BCUT2D eigenvalue weighted by Gasteiger charge is 2.41. The number of morpholine rings is 1. The number of amides is 1. The maximum Gasteiger partial charge on any atom is 0.416 e. The highest BCUT2D eigenvalue weighted by molar-refractivity contribution is 6.10. The van der Waals surface area contributed by atoms with E-state index >= 15 is 0 Å². The number of hydrogen-bond acceptors (Lipinski definition) is 8. The van der Waals surface area contributed by atoms with Crippen molar-refractivity contribution in [2.24, 2.45) is 13.0 Å². The Bertz CT molecular complexity index is 1910. The lowest BCUT2D eigenvalue weighted by Gasteiger charge is -2.31. The number of alkyl halides is 3. The smallest absolute Gasteiger partial charge is 0.376 e. The fraction of sp³-hybridized carbons (Fsp3) is 0.400. The Balaban J connectivity index is 1.29. The molecule has 248 valence electrons. The van der Waals surface area contributed by atoms with Gasteiger partial charge in [0.15, 0.2) is 5.82 Å². The van der Waals surface area contributed by atoms with Gasteiger partial charge in [-0.2, -0.15) is 18.4 Å². The summed E-state index contributed by atoms with van der Waals surface area (Å²) in [5, 5.41) is 21.4. The number of anilines is 2. The molecule has 48 heavy (non-hydrogen) atoms. The number of carbonyl (C=O) groups is 1. The van der Waals surface area contributed by atoms with Gasteiger partial charge < -0.3 is 14.6 Å². The molecule has 4 aromatic rings. The van der Waals surface area contributed by atoms with Gasteiger partial charge in [-0.1, -0.05) is 12.8 Å². The molecule has 0 bridgehead atoms. The molecule has 0 radical (unpaired) electrons. The molecule has 3 aliphatic rings. The molecule has 2 aromatic heterocycles. The molecule has 1 aliphatic carbocycles. The summed E-state index contributed by atoms with van der Waals surface area (Å²) in [7, 11) is 1.81. The molecule has 13 heteroatoms. The molecule has 1 N–H and O–H groups in total. The van der Waals surface area contributed by atoms with Crippen molar-refractivity contribution in [3.05, 3.63) is 76.6 Å². The van der Waals surface area contributed by atoms with Gasteiger partial charge in [0.05, 0.1) is 36.5 Å². The van der Waals surface area contributed by atoms with Crippen LogP contribution in [0.1, 0.15) is 58.8 Å². The third kappa shape index (κ3) is 6.50. The molecule has 1 amide bonds. The van der Waals surface area contributed by atoms with Gasteiger partial charge in [0.2, 0.25) is 0 Å². The Morgan fingerprint density at radius 2 is 1.94 bits per heavy atom. The minimum atomic E-state index is -4.65. The fourth-order valence-corrected chi connectivity index (χ4v) is 6.58. The van der Waals surface area contributed by atoms with Crippen LogP contribution < -0.4 is 10.2 Å². The molecular weight excluding hydrogens is 621 g/mol. The van der Waals surface area contributed by atoms with Crippen LogP contribution in [0.3, 0.4) is 0 Å². The summed E-state index contributed by atoms with van der Waals surface area (Å²) in [6, 6.07) is 13.7. The average molecular weight is 657 g/mol. The van der Waals surface area contributed by atoms with Gasteiger partial charge in [-0.05, 0) is 84.0 Å². The summed E-state index contributed by atoms with van der Waals surface area (Å²) in [5.74, 6) is 1.39. The first-order valence-corrected chi connectivity index (χ1v) is 16.1. The fourth-order valence-electron chi connectivity index (χ4n) is 6.58. The van der Waals surface area contributed by atoms with E-state index in [4.69, 9.17) is 9.72 Å². The second-order valence-electron chi connectivity index (χ2n) is 12.9. The van der Waals surface area contributed by atoms with E-state index in [0.29, 0.717) is 71.6 Å². The number of ether oxygens (including phenoxy) is 1. The summed E-state index contributed by atoms with van der Waals surface area (Å²) >= 11 is 0. The monoisotopic (exact) mass is 656 g/mol. The Morgan fingerprint density at radius 3 is 2.65 bits per heavy atom. The number of nitrogens with one attached hydrogen (secondary N) is 1. The van der Waals surface area contributed by atoms with Gasteiger partial charge in [-0.25, -0.2) is 4.98 Å². The van der Waals surface area contributed by atoms with E-state index < -0.39 is 17.6 Å². The number of hydrogen-bond donors (Lipinski definition) is 1. The van der Waals surface area contributed by atoms with E-state index in [-0.39, 0.29) is 36.1 Å². The van der Waals surface area contributed by atoms with Crippen molar-refractivity contribution < 1.29 is 22.7 Å². The van der Waals surface area contributed by atoms with Crippen LogP contribution in [-0.2, 0) is 31.1 Å². The van der Waals surface area contributed by atoms with E-state index in [1.807, 2.05) is 24.9 Å². The topological polar surface area (TPSA) is 112 Å². The van der Waals surface area contributed by atoms with E-state index in [9.17, 15) is 23.2 Å². The second-order valence-corrected chi connectivity index (χ2v) is 12.9. The Labute approximate surface area is 276 Å². The van der Waals surface area contributed by atoms with Crippen LogP contribution in [0.5, 0.6) is 0 Å². The molecule has 2 aromatic carbocycles. The molecule has 1 saturated carbocycles. The zero-order valence-corrected chi connectivity index (χ0v) is 26.7. The molecule has 4 heterocycles. The Hall–Kier alpha value is -4.80. The van der Waals surface area contributed by atoms with Crippen LogP contribution in [0.4, 0.5) is 24.8 Å². The van der Waals surface area contributed by atoms with E-state index in [2.05, 4.69) is 21.6 Å². The minimum Gasteiger partial charge on any atom is -0.376 e. The molecule has 2 fully saturated rings. The van der Waals surface area contributed by atoms with Crippen LogP contribution >= 0.6 is 0 Å². The van der Waals surface area contributed by atoms with Crippen molar-refractivity contribution >= 4 is 17.5 Å². The number of aromatic nitrogens is 4. The van der Waals surface area contributed by atoms with Crippen LogP contribution in [0.15, 0.2) is 48.8 Å². The van der Waals surface area contributed by atoms with Gasteiger partial charge in [-0.3, -0.25) is 14.6 Å². The Morgan fingerprint density at radius 1 is 1.10 bits per heavy atom. The first-order valence-electron chi connectivity index (χ1n) is 16.1. The Kier molecular flexibility index (Phi) is 8.39. The predicted molar refractivity (Wildman–Crippen MR) is 173 cm³/mol. The first kappa shape index (κ1) is 31.8. The molecule has 0 spiro atoms. The number of nitrogens with zero attached hydrogens (tertiary/aromatic N) is 7. The number of nitriles is 1. The maximum absolute atomic E-state index is 14.5.